The number of carbonyl (C=O) groups excluding carboxylic acids is 3. The minimum absolute atomic E-state index is 0.00210. The van der Waals surface area contributed by atoms with E-state index in [-0.39, 0.29) is 18.6 Å². The number of amides is 2. The molecule has 48 heavy (non-hydrogen) atoms. The number of ether oxygens (including phenoxy) is 2. The first kappa shape index (κ1) is 33.8. The maximum atomic E-state index is 14.6. The van der Waals surface area contributed by atoms with Crippen molar-refractivity contribution in [3.8, 4) is 0 Å². The molecule has 1 unspecified atom stereocenters. The second-order valence-corrected chi connectivity index (χ2v) is 14.5. The van der Waals surface area contributed by atoms with E-state index < -0.39 is 23.7 Å². The summed E-state index contributed by atoms with van der Waals surface area (Å²) in [6.07, 6.45) is 4.70. The summed E-state index contributed by atoms with van der Waals surface area (Å²) in [5.74, 6) is -0.400. The Balaban J connectivity index is 1.40. The highest BCUT2D eigenvalue weighted by molar-refractivity contribution is 5.95. The van der Waals surface area contributed by atoms with Crippen LogP contribution in [0, 0.1) is 6.92 Å². The van der Waals surface area contributed by atoms with Gasteiger partial charge in [-0.3, -0.25) is 9.69 Å². The van der Waals surface area contributed by atoms with E-state index in [4.69, 9.17) is 9.47 Å². The van der Waals surface area contributed by atoms with Crippen molar-refractivity contribution >= 4 is 18.0 Å². The Bertz CT molecular complexity index is 1680. The normalized spacial score (nSPS) is 19.8. The average molecular weight is 655 g/mol. The SMILES string of the molecule is CCOC(=O)c1cc(C2c3cc(C(=O)N4Cc5ccccc5C[C@H]4CN4CCCCC4)ccc3CCN2C(=O)OC(C)(C)C)n(C)c1C. The monoisotopic (exact) mass is 654 g/mol. The van der Waals surface area contributed by atoms with Crippen molar-refractivity contribution in [1.29, 1.82) is 0 Å². The van der Waals surface area contributed by atoms with Gasteiger partial charge in [-0.25, -0.2) is 9.59 Å². The first-order valence-corrected chi connectivity index (χ1v) is 17.5. The van der Waals surface area contributed by atoms with Gasteiger partial charge in [0.2, 0.25) is 0 Å². The van der Waals surface area contributed by atoms with Gasteiger partial charge in [0.25, 0.3) is 5.91 Å². The van der Waals surface area contributed by atoms with Crippen LogP contribution in [-0.4, -0.2) is 81.7 Å². The van der Waals surface area contributed by atoms with Crippen LogP contribution in [0.1, 0.15) is 107 Å². The van der Waals surface area contributed by atoms with Crippen LogP contribution in [0.2, 0.25) is 0 Å². The fourth-order valence-electron chi connectivity index (χ4n) is 7.58. The fourth-order valence-corrected chi connectivity index (χ4v) is 7.58. The highest BCUT2D eigenvalue weighted by Gasteiger charge is 2.39. The van der Waals surface area contributed by atoms with E-state index in [0.717, 1.165) is 48.6 Å². The van der Waals surface area contributed by atoms with Crippen molar-refractivity contribution in [3.63, 3.8) is 0 Å². The van der Waals surface area contributed by atoms with Gasteiger partial charge in [-0.1, -0.05) is 36.8 Å². The second kappa shape index (κ2) is 13.8. The van der Waals surface area contributed by atoms with Crippen molar-refractivity contribution < 1.29 is 23.9 Å². The Kier molecular flexibility index (Phi) is 9.70. The van der Waals surface area contributed by atoms with Crippen LogP contribution >= 0.6 is 0 Å². The zero-order chi connectivity index (χ0) is 34.2. The maximum Gasteiger partial charge on any atom is 0.411 e. The lowest BCUT2D eigenvalue weighted by atomic mass is 9.88. The molecule has 9 nitrogen and oxygen atoms in total. The van der Waals surface area contributed by atoms with Crippen molar-refractivity contribution in [2.75, 3.05) is 32.8 Å². The third kappa shape index (κ3) is 6.88. The predicted molar refractivity (Wildman–Crippen MR) is 185 cm³/mol. The molecule has 2 atom stereocenters. The largest absolute Gasteiger partial charge is 0.462 e. The summed E-state index contributed by atoms with van der Waals surface area (Å²) in [5, 5.41) is 0. The Hall–Kier alpha value is -4.11. The molecule has 256 valence electrons. The summed E-state index contributed by atoms with van der Waals surface area (Å²) >= 11 is 0. The van der Waals surface area contributed by atoms with Crippen LogP contribution in [0.25, 0.3) is 0 Å². The van der Waals surface area contributed by atoms with Gasteiger partial charge in [0.1, 0.15) is 11.6 Å². The maximum absolute atomic E-state index is 14.6. The molecule has 4 heterocycles. The molecular weight excluding hydrogens is 604 g/mol. The molecule has 3 aliphatic rings. The summed E-state index contributed by atoms with van der Waals surface area (Å²) in [4.78, 5) is 47.7. The molecule has 1 aromatic heterocycles. The molecule has 6 rings (SSSR count). The minimum atomic E-state index is -0.687. The molecule has 0 N–H and O–H groups in total. The zero-order valence-corrected chi connectivity index (χ0v) is 29.4. The van der Waals surface area contributed by atoms with Crippen LogP contribution in [0.5, 0.6) is 0 Å². The van der Waals surface area contributed by atoms with E-state index in [1.165, 1.54) is 30.4 Å². The molecular formula is C39H50N4O5. The highest BCUT2D eigenvalue weighted by Crippen LogP contribution is 2.39. The van der Waals surface area contributed by atoms with E-state index in [1.807, 2.05) is 69.6 Å². The summed E-state index contributed by atoms with van der Waals surface area (Å²) in [6, 6.07) is 15.8. The first-order valence-electron chi connectivity index (χ1n) is 17.5. The Labute approximate surface area is 284 Å². The summed E-state index contributed by atoms with van der Waals surface area (Å²) in [6.45, 7) is 13.5. The lowest BCUT2D eigenvalue weighted by molar-refractivity contribution is 0.0172. The van der Waals surface area contributed by atoms with Crippen LogP contribution < -0.4 is 0 Å². The van der Waals surface area contributed by atoms with E-state index in [2.05, 4.69) is 28.0 Å². The van der Waals surface area contributed by atoms with E-state index in [9.17, 15) is 14.4 Å². The van der Waals surface area contributed by atoms with Gasteiger partial charge in [0.05, 0.1) is 12.2 Å². The summed E-state index contributed by atoms with van der Waals surface area (Å²) < 4.78 is 13.2. The Morgan fingerprint density at radius 3 is 2.33 bits per heavy atom. The van der Waals surface area contributed by atoms with E-state index in [0.29, 0.717) is 30.6 Å². The number of esters is 1. The van der Waals surface area contributed by atoms with Crippen LogP contribution in [0.15, 0.2) is 48.5 Å². The van der Waals surface area contributed by atoms with Crippen molar-refractivity contribution in [2.45, 2.75) is 91.0 Å². The topological polar surface area (TPSA) is 84.3 Å². The van der Waals surface area contributed by atoms with Gasteiger partial charge in [-0.2, -0.15) is 0 Å². The fraction of sp³-hybridized carbons (Fsp3) is 0.513. The second-order valence-electron chi connectivity index (χ2n) is 14.5. The van der Waals surface area contributed by atoms with Gasteiger partial charge >= 0.3 is 12.1 Å². The first-order chi connectivity index (χ1) is 22.9. The molecule has 9 heteroatoms. The number of benzene rings is 2. The van der Waals surface area contributed by atoms with Crippen molar-refractivity contribution in [2.24, 2.45) is 7.05 Å². The Morgan fingerprint density at radius 2 is 1.62 bits per heavy atom. The summed E-state index contributed by atoms with van der Waals surface area (Å²) in [7, 11) is 1.90. The van der Waals surface area contributed by atoms with Crippen molar-refractivity contribution in [3.05, 3.63) is 93.3 Å². The smallest absolute Gasteiger partial charge is 0.411 e. The molecule has 0 radical (unpaired) electrons. The van der Waals surface area contributed by atoms with Gasteiger partial charge < -0.3 is 23.8 Å². The molecule has 1 fully saturated rings. The molecule has 3 aliphatic heterocycles. The number of fused-ring (bicyclic) bond motifs is 2. The van der Waals surface area contributed by atoms with Gasteiger partial charge in [-0.05, 0) is 114 Å². The molecule has 2 amide bonds. The van der Waals surface area contributed by atoms with Crippen LogP contribution in [0.3, 0.4) is 0 Å². The molecule has 0 bridgehead atoms. The standard InChI is InChI=1S/C39H50N4O5/c1-7-47-37(45)32-23-34(40(6)26(32)2)35-33-22-29(16-15-27(33)17-20-42(35)38(46)48-39(3,4)5)36(44)43-24-30-14-10-9-13-28(30)21-31(43)25-41-18-11-8-12-19-41/h9-10,13-16,22-23,31,35H,7-8,11-12,17-21,24-25H2,1-6H3/t31-,35?/m0/s1. The third-order valence-electron chi connectivity index (χ3n) is 10.1. The number of likely N-dealkylation sites (tertiary alicyclic amines) is 1. The number of nitrogens with zero attached hydrogens (tertiary/aromatic N) is 4. The summed E-state index contributed by atoms with van der Waals surface area (Å²) in [5.41, 5.74) is 6.35. The number of rotatable bonds is 6. The number of aromatic nitrogens is 1. The molecule has 2 aromatic carbocycles. The third-order valence-corrected chi connectivity index (χ3v) is 10.1. The molecule has 0 saturated carbocycles. The molecule has 3 aromatic rings. The number of piperidine rings is 1. The number of hydrogen-bond donors (Lipinski definition) is 0. The number of carbonyl (C=O) groups is 3. The van der Waals surface area contributed by atoms with Crippen LogP contribution in [-0.2, 0) is 35.9 Å². The lowest BCUT2D eigenvalue weighted by Crippen LogP contribution is -2.51. The minimum Gasteiger partial charge on any atom is -0.462 e. The molecule has 0 aliphatic carbocycles. The predicted octanol–water partition coefficient (Wildman–Crippen LogP) is 6.45. The van der Waals surface area contributed by atoms with E-state index in [1.54, 1.807) is 11.8 Å². The van der Waals surface area contributed by atoms with Crippen LogP contribution in [0.4, 0.5) is 4.79 Å². The van der Waals surface area contributed by atoms with Crippen molar-refractivity contribution in [1.82, 2.24) is 19.3 Å². The van der Waals surface area contributed by atoms with Gasteiger partial charge in [-0.15, -0.1) is 0 Å². The van der Waals surface area contributed by atoms with Gasteiger partial charge in [0.15, 0.2) is 0 Å². The highest BCUT2D eigenvalue weighted by atomic mass is 16.6. The quantitative estimate of drug-likeness (QED) is 0.285. The molecule has 1 saturated heterocycles. The molecule has 0 spiro atoms. The Morgan fingerprint density at radius 1 is 0.896 bits per heavy atom. The van der Waals surface area contributed by atoms with Gasteiger partial charge in [0, 0.05) is 49.7 Å². The number of hydrogen-bond acceptors (Lipinski definition) is 6. The lowest BCUT2D eigenvalue weighted by Gasteiger charge is -2.41. The van der Waals surface area contributed by atoms with E-state index >= 15 is 0 Å². The zero-order valence-electron chi connectivity index (χ0n) is 29.4. The average Bonchev–Trinajstić information content (AvgIpc) is 3.36.